The number of hydrogen-bond acceptors (Lipinski definition) is 3. The summed E-state index contributed by atoms with van der Waals surface area (Å²) in [5, 5.41) is 0. The Morgan fingerprint density at radius 2 is 1.89 bits per heavy atom. The average molecular weight is 273 g/mol. The zero-order valence-electron chi connectivity index (χ0n) is 10.6. The van der Waals surface area contributed by atoms with Gasteiger partial charge in [-0.25, -0.2) is 4.99 Å². The second-order valence-electron chi connectivity index (χ2n) is 3.49. The molecule has 0 radical (unpaired) electrons. The Balaban J connectivity index is 2.91. The average Bonchev–Trinajstić information content (AvgIpc) is 2.37. The quantitative estimate of drug-likeness (QED) is 0.473. The summed E-state index contributed by atoms with van der Waals surface area (Å²) in [7, 11) is 1.47. The molecule has 0 N–H and O–H groups in total. The third-order valence-electron chi connectivity index (χ3n) is 2.10. The molecule has 1 rings (SSSR count). The van der Waals surface area contributed by atoms with Crippen LogP contribution in [0, 0.1) is 0 Å². The van der Waals surface area contributed by atoms with Gasteiger partial charge in [0.05, 0.1) is 12.8 Å². The number of alkyl halides is 3. The number of hydrogen-bond donors (Lipinski definition) is 0. The number of aliphatic imine (C=N–C) groups is 1. The Bertz CT molecular complexity index is 450. The number of nitrogens with zero attached hydrogens (tertiary/aromatic N) is 1. The minimum atomic E-state index is -4.62. The number of allylic oxidation sites excluding steroid dienone is 1. The second kappa shape index (κ2) is 6.82. The third-order valence-corrected chi connectivity index (χ3v) is 2.10. The molecule has 0 aliphatic heterocycles. The Kier molecular flexibility index (Phi) is 5.41. The van der Waals surface area contributed by atoms with Gasteiger partial charge in [-0.3, -0.25) is 0 Å². The van der Waals surface area contributed by atoms with Crippen LogP contribution >= 0.6 is 0 Å². The number of ether oxygens (including phenoxy) is 2. The lowest BCUT2D eigenvalue weighted by atomic mass is 10.3. The van der Waals surface area contributed by atoms with Gasteiger partial charge in [0.2, 0.25) is 0 Å². The molecule has 0 unspecified atom stereocenters. The van der Waals surface area contributed by atoms with E-state index in [0.29, 0.717) is 5.75 Å². The van der Waals surface area contributed by atoms with E-state index in [1.807, 2.05) is 0 Å². The van der Waals surface area contributed by atoms with Crippen LogP contribution in [0.3, 0.4) is 0 Å². The zero-order valence-corrected chi connectivity index (χ0v) is 10.6. The van der Waals surface area contributed by atoms with Gasteiger partial charge in [0.1, 0.15) is 12.4 Å². The van der Waals surface area contributed by atoms with Crippen LogP contribution < -0.4 is 4.74 Å². The molecule has 0 saturated carbocycles. The predicted molar refractivity (Wildman–Crippen MR) is 66.9 cm³/mol. The highest BCUT2D eigenvalue weighted by Crippen LogP contribution is 2.24. The van der Waals surface area contributed by atoms with Gasteiger partial charge in [-0.2, -0.15) is 13.2 Å². The van der Waals surface area contributed by atoms with Crippen molar-refractivity contribution < 1.29 is 22.6 Å². The largest absolute Gasteiger partial charge is 0.497 e. The third kappa shape index (κ3) is 5.03. The van der Waals surface area contributed by atoms with Crippen LogP contribution in [0.5, 0.6) is 5.75 Å². The lowest BCUT2D eigenvalue weighted by Crippen LogP contribution is -2.25. The lowest BCUT2D eigenvalue weighted by molar-refractivity contribution is -0.0770. The van der Waals surface area contributed by atoms with Gasteiger partial charge in [-0.05, 0) is 31.2 Å². The first-order valence-corrected chi connectivity index (χ1v) is 5.51. The molecule has 1 aromatic rings. The minimum absolute atomic E-state index is 0.147. The van der Waals surface area contributed by atoms with Crippen molar-refractivity contribution in [1.29, 1.82) is 0 Å². The van der Waals surface area contributed by atoms with Crippen LogP contribution in [-0.4, -0.2) is 25.8 Å². The number of benzene rings is 1. The van der Waals surface area contributed by atoms with E-state index in [0.717, 1.165) is 0 Å². The predicted octanol–water partition coefficient (Wildman–Crippen LogP) is 3.88. The summed E-state index contributed by atoms with van der Waals surface area (Å²) in [5.74, 6) is -0.724. The Morgan fingerprint density at radius 1 is 1.26 bits per heavy atom. The number of rotatable bonds is 4. The highest BCUT2D eigenvalue weighted by atomic mass is 19.4. The molecule has 3 nitrogen and oxygen atoms in total. The Hall–Kier alpha value is -1.98. The smallest absolute Gasteiger partial charge is 0.468 e. The van der Waals surface area contributed by atoms with Gasteiger partial charge in [-0.15, -0.1) is 0 Å². The summed E-state index contributed by atoms with van der Waals surface area (Å²) in [6.45, 7) is 1.52. The number of methoxy groups -OCH3 is 1. The molecule has 0 atom stereocenters. The normalized spacial score (nSPS) is 12.8. The van der Waals surface area contributed by atoms with E-state index >= 15 is 0 Å². The lowest BCUT2D eigenvalue weighted by Gasteiger charge is -2.10. The van der Waals surface area contributed by atoms with Crippen molar-refractivity contribution in [2.24, 2.45) is 4.99 Å². The van der Waals surface area contributed by atoms with Crippen LogP contribution in [0.2, 0.25) is 0 Å². The topological polar surface area (TPSA) is 30.8 Å². The molecule has 0 spiro atoms. The van der Waals surface area contributed by atoms with E-state index in [-0.39, 0.29) is 12.3 Å². The Morgan fingerprint density at radius 3 is 2.37 bits per heavy atom. The molecular weight excluding hydrogens is 259 g/mol. The first-order chi connectivity index (χ1) is 8.97. The van der Waals surface area contributed by atoms with Gasteiger partial charge >= 0.3 is 6.18 Å². The van der Waals surface area contributed by atoms with Crippen molar-refractivity contribution in [3.8, 4) is 5.75 Å². The van der Waals surface area contributed by atoms with Crippen molar-refractivity contribution in [3.63, 3.8) is 0 Å². The molecule has 0 aliphatic rings. The molecule has 1 aromatic carbocycles. The number of halogens is 3. The van der Waals surface area contributed by atoms with Crippen molar-refractivity contribution >= 4 is 11.6 Å². The van der Waals surface area contributed by atoms with Gasteiger partial charge in [0.15, 0.2) is 0 Å². The molecule has 104 valence electrons. The van der Waals surface area contributed by atoms with Gasteiger partial charge in [-0.1, -0.05) is 12.2 Å². The zero-order chi connectivity index (χ0) is 14.3. The molecule has 0 saturated heterocycles. The first-order valence-electron chi connectivity index (χ1n) is 5.51. The van der Waals surface area contributed by atoms with Crippen LogP contribution in [0.15, 0.2) is 41.4 Å². The van der Waals surface area contributed by atoms with E-state index in [2.05, 4.69) is 9.73 Å². The molecule has 0 heterocycles. The maximum Gasteiger partial charge on any atom is 0.468 e. The standard InChI is InChI=1S/C13H14F3NO2/c1-3-4-9-19-12(13(14,15)16)17-10-5-7-11(18-2)8-6-10/h3-8H,9H2,1-2H3/b4-3-,17-12?. The highest BCUT2D eigenvalue weighted by molar-refractivity contribution is 5.84. The van der Waals surface area contributed by atoms with E-state index in [9.17, 15) is 13.2 Å². The summed E-state index contributed by atoms with van der Waals surface area (Å²) in [5.41, 5.74) is 0.147. The fraction of sp³-hybridized carbons (Fsp3) is 0.308. The van der Waals surface area contributed by atoms with Crippen LogP contribution in [-0.2, 0) is 4.74 Å². The SMILES string of the molecule is C/C=C\COC(=Nc1ccc(OC)cc1)C(F)(F)F. The van der Waals surface area contributed by atoms with Gasteiger partial charge in [0, 0.05) is 0 Å². The summed E-state index contributed by atoms with van der Waals surface area (Å²) in [6.07, 6.45) is -1.56. The monoisotopic (exact) mass is 273 g/mol. The van der Waals surface area contributed by atoms with E-state index < -0.39 is 12.1 Å². The molecule has 0 aliphatic carbocycles. The molecule has 0 amide bonds. The summed E-state index contributed by atoms with van der Waals surface area (Å²) in [4.78, 5) is 3.46. The fourth-order valence-corrected chi connectivity index (χ4v) is 1.17. The molecule has 6 heteroatoms. The molecular formula is C13H14F3NO2. The van der Waals surface area contributed by atoms with Gasteiger partial charge in [0.25, 0.3) is 5.90 Å². The van der Waals surface area contributed by atoms with Crippen molar-refractivity contribution in [1.82, 2.24) is 0 Å². The van der Waals surface area contributed by atoms with Crippen LogP contribution in [0.1, 0.15) is 6.92 Å². The second-order valence-corrected chi connectivity index (χ2v) is 3.49. The maximum atomic E-state index is 12.7. The minimum Gasteiger partial charge on any atom is -0.497 e. The van der Waals surface area contributed by atoms with Crippen LogP contribution in [0.4, 0.5) is 18.9 Å². The van der Waals surface area contributed by atoms with E-state index in [4.69, 9.17) is 4.74 Å². The molecule has 0 aromatic heterocycles. The van der Waals surface area contributed by atoms with Gasteiger partial charge < -0.3 is 9.47 Å². The first kappa shape index (κ1) is 15.1. The van der Waals surface area contributed by atoms with E-state index in [1.54, 1.807) is 13.0 Å². The van der Waals surface area contributed by atoms with Crippen molar-refractivity contribution in [2.45, 2.75) is 13.1 Å². The molecule has 0 fully saturated rings. The summed E-state index contributed by atoms with van der Waals surface area (Å²) in [6, 6.07) is 5.89. The summed E-state index contributed by atoms with van der Waals surface area (Å²) < 4.78 is 47.5. The highest BCUT2D eigenvalue weighted by Gasteiger charge is 2.38. The van der Waals surface area contributed by atoms with Crippen molar-refractivity contribution in [3.05, 3.63) is 36.4 Å². The maximum absolute atomic E-state index is 12.7. The Labute approximate surface area is 109 Å². The summed E-state index contributed by atoms with van der Waals surface area (Å²) >= 11 is 0. The van der Waals surface area contributed by atoms with Crippen molar-refractivity contribution in [2.75, 3.05) is 13.7 Å². The molecule has 19 heavy (non-hydrogen) atoms. The fourth-order valence-electron chi connectivity index (χ4n) is 1.17. The molecule has 0 bridgehead atoms. The van der Waals surface area contributed by atoms with E-state index in [1.165, 1.54) is 37.5 Å². The van der Waals surface area contributed by atoms with Crippen LogP contribution in [0.25, 0.3) is 0 Å².